The lowest BCUT2D eigenvalue weighted by Gasteiger charge is -2.30. The zero-order valence-electron chi connectivity index (χ0n) is 17.2. The van der Waals surface area contributed by atoms with Crippen molar-refractivity contribution < 1.29 is 27.1 Å². The van der Waals surface area contributed by atoms with Crippen LogP contribution in [-0.2, 0) is 14.9 Å². The molecule has 1 aliphatic rings. The van der Waals surface area contributed by atoms with Crippen molar-refractivity contribution in [2.24, 2.45) is 5.41 Å². The van der Waals surface area contributed by atoms with Crippen LogP contribution in [0, 0.1) is 11.2 Å². The molecule has 0 unspecified atom stereocenters. The third-order valence-electron chi connectivity index (χ3n) is 5.41. The van der Waals surface area contributed by atoms with E-state index in [1.54, 1.807) is 0 Å². The molecule has 2 rings (SSSR count). The first-order valence-electron chi connectivity index (χ1n) is 9.80. The fourth-order valence-corrected chi connectivity index (χ4v) is 4.50. The van der Waals surface area contributed by atoms with E-state index >= 15 is 0 Å². The number of halogens is 2. The minimum atomic E-state index is -4.11. The van der Waals surface area contributed by atoms with Gasteiger partial charge in [-0.15, -0.1) is 6.58 Å². The SMILES string of the molecule is C=CCC(CC)(CC)COc1cc(F)c(C(=O)NS(=O)(=O)N2CCOCC2)cc1Cl. The van der Waals surface area contributed by atoms with Gasteiger partial charge in [-0.1, -0.05) is 31.5 Å². The second-order valence-electron chi connectivity index (χ2n) is 7.20. The summed E-state index contributed by atoms with van der Waals surface area (Å²) >= 11 is 6.19. The number of ether oxygens (including phenoxy) is 2. The van der Waals surface area contributed by atoms with Crippen molar-refractivity contribution in [2.45, 2.75) is 33.1 Å². The zero-order chi connectivity index (χ0) is 22.4. The van der Waals surface area contributed by atoms with Crippen LogP contribution < -0.4 is 9.46 Å². The molecule has 1 N–H and O–H groups in total. The van der Waals surface area contributed by atoms with Crippen LogP contribution in [0.3, 0.4) is 0 Å². The van der Waals surface area contributed by atoms with Crippen molar-refractivity contribution >= 4 is 27.7 Å². The van der Waals surface area contributed by atoms with Gasteiger partial charge in [0.25, 0.3) is 5.91 Å². The Bertz CT molecular complexity index is 868. The summed E-state index contributed by atoms with van der Waals surface area (Å²) in [7, 11) is -4.11. The van der Waals surface area contributed by atoms with Crippen LogP contribution in [0.1, 0.15) is 43.5 Å². The molecular weight excluding hydrogens is 435 g/mol. The van der Waals surface area contributed by atoms with Crippen LogP contribution in [0.25, 0.3) is 0 Å². The van der Waals surface area contributed by atoms with Gasteiger partial charge in [-0.05, 0) is 25.3 Å². The number of amides is 1. The van der Waals surface area contributed by atoms with Crippen LogP contribution in [0.5, 0.6) is 5.75 Å². The Hall–Kier alpha value is -1.68. The standard InChI is InChI=1S/C20H28ClFN2O5S/c1-4-7-20(5-2,6-3)14-29-18-13-17(22)15(12-16(18)21)19(25)23-30(26,27)24-8-10-28-11-9-24/h4,12-13H,1,5-11,14H2,2-3H3,(H,23,25). The van der Waals surface area contributed by atoms with Crippen LogP contribution in [0.15, 0.2) is 24.8 Å². The number of carbonyl (C=O) groups excluding carboxylic acids is 1. The normalized spacial score (nSPS) is 15.6. The molecule has 0 radical (unpaired) electrons. The molecule has 0 aromatic heterocycles. The molecule has 168 valence electrons. The number of morpholine rings is 1. The summed E-state index contributed by atoms with van der Waals surface area (Å²) in [6, 6.07) is 2.08. The number of carbonyl (C=O) groups is 1. The number of nitrogens with zero attached hydrogens (tertiary/aromatic N) is 1. The first-order valence-corrected chi connectivity index (χ1v) is 11.6. The minimum Gasteiger partial charge on any atom is -0.491 e. The highest BCUT2D eigenvalue weighted by Gasteiger charge is 2.29. The fourth-order valence-electron chi connectivity index (χ4n) is 3.18. The molecule has 0 atom stereocenters. The maximum Gasteiger partial charge on any atom is 0.304 e. The van der Waals surface area contributed by atoms with Gasteiger partial charge in [0.1, 0.15) is 11.6 Å². The summed E-state index contributed by atoms with van der Waals surface area (Å²) in [6.07, 6.45) is 4.24. The van der Waals surface area contributed by atoms with Gasteiger partial charge in [0.05, 0.1) is 30.4 Å². The molecule has 1 aromatic carbocycles. The maximum atomic E-state index is 14.6. The molecule has 1 aliphatic heterocycles. The van der Waals surface area contributed by atoms with Gasteiger partial charge in [-0.2, -0.15) is 12.7 Å². The predicted octanol–water partition coefficient (Wildman–Crippen LogP) is 3.55. The third-order valence-corrected chi connectivity index (χ3v) is 7.19. The van der Waals surface area contributed by atoms with Crippen molar-refractivity contribution in [1.29, 1.82) is 0 Å². The van der Waals surface area contributed by atoms with Gasteiger partial charge < -0.3 is 9.47 Å². The van der Waals surface area contributed by atoms with Crippen LogP contribution in [-0.4, -0.2) is 51.5 Å². The Labute approximate surface area is 182 Å². The number of allylic oxidation sites excluding steroid dienone is 1. The van der Waals surface area contributed by atoms with E-state index in [0.717, 1.165) is 35.7 Å². The second-order valence-corrected chi connectivity index (χ2v) is 9.28. The largest absolute Gasteiger partial charge is 0.491 e. The smallest absolute Gasteiger partial charge is 0.304 e. The molecular formula is C20H28ClFN2O5S. The van der Waals surface area contributed by atoms with Crippen molar-refractivity contribution in [2.75, 3.05) is 32.9 Å². The monoisotopic (exact) mass is 462 g/mol. The van der Waals surface area contributed by atoms with E-state index < -0.39 is 27.5 Å². The Morgan fingerprint density at radius 2 is 2.00 bits per heavy atom. The Kier molecular flexibility index (Phi) is 8.66. The first kappa shape index (κ1) is 24.6. The Balaban J connectivity index is 2.15. The average Bonchev–Trinajstić information content (AvgIpc) is 2.73. The van der Waals surface area contributed by atoms with E-state index in [0.29, 0.717) is 6.61 Å². The second kappa shape index (κ2) is 10.6. The Morgan fingerprint density at radius 1 is 1.37 bits per heavy atom. The third kappa shape index (κ3) is 5.94. The summed E-state index contributed by atoms with van der Waals surface area (Å²) in [4.78, 5) is 12.4. The molecule has 0 aliphatic carbocycles. The summed E-state index contributed by atoms with van der Waals surface area (Å²) < 4.78 is 53.0. The molecule has 10 heteroatoms. The molecule has 1 aromatic rings. The lowest BCUT2D eigenvalue weighted by atomic mass is 9.80. The summed E-state index contributed by atoms with van der Waals surface area (Å²) in [5.41, 5.74) is -0.628. The maximum absolute atomic E-state index is 14.6. The predicted molar refractivity (Wildman–Crippen MR) is 114 cm³/mol. The van der Waals surface area contributed by atoms with Crippen molar-refractivity contribution in [3.63, 3.8) is 0 Å². The molecule has 0 saturated carbocycles. The fraction of sp³-hybridized carbons (Fsp3) is 0.550. The van der Waals surface area contributed by atoms with E-state index in [-0.39, 0.29) is 42.5 Å². The topological polar surface area (TPSA) is 84.9 Å². The summed E-state index contributed by atoms with van der Waals surface area (Å²) in [5.74, 6) is -1.93. The Morgan fingerprint density at radius 3 is 2.57 bits per heavy atom. The first-order chi connectivity index (χ1) is 14.2. The molecule has 30 heavy (non-hydrogen) atoms. The van der Waals surface area contributed by atoms with Gasteiger partial charge in [0.2, 0.25) is 0 Å². The molecule has 1 fully saturated rings. The zero-order valence-corrected chi connectivity index (χ0v) is 18.8. The highest BCUT2D eigenvalue weighted by atomic mass is 35.5. The van der Waals surface area contributed by atoms with Gasteiger partial charge in [-0.25, -0.2) is 9.11 Å². The molecule has 7 nitrogen and oxygen atoms in total. The van der Waals surface area contributed by atoms with Crippen LogP contribution in [0.4, 0.5) is 4.39 Å². The van der Waals surface area contributed by atoms with Gasteiger partial charge in [0, 0.05) is 24.6 Å². The van der Waals surface area contributed by atoms with Crippen LogP contribution in [0.2, 0.25) is 5.02 Å². The van der Waals surface area contributed by atoms with Crippen molar-refractivity contribution in [1.82, 2.24) is 9.03 Å². The molecule has 1 amide bonds. The average molecular weight is 463 g/mol. The summed E-state index contributed by atoms with van der Waals surface area (Å²) in [5, 5.41) is 0.0185. The van der Waals surface area contributed by atoms with E-state index in [4.69, 9.17) is 21.1 Å². The number of hydrogen-bond acceptors (Lipinski definition) is 5. The number of rotatable bonds is 10. The molecule has 0 spiro atoms. The number of benzene rings is 1. The van der Waals surface area contributed by atoms with Crippen molar-refractivity contribution in [3.05, 3.63) is 41.2 Å². The van der Waals surface area contributed by atoms with E-state index in [9.17, 15) is 17.6 Å². The lowest BCUT2D eigenvalue weighted by Crippen LogP contribution is -2.48. The molecule has 1 heterocycles. The van der Waals surface area contributed by atoms with Crippen LogP contribution >= 0.6 is 11.6 Å². The van der Waals surface area contributed by atoms with Crippen molar-refractivity contribution in [3.8, 4) is 5.75 Å². The molecule has 1 saturated heterocycles. The molecule has 0 bridgehead atoms. The number of hydrogen-bond donors (Lipinski definition) is 1. The van der Waals surface area contributed by atoms with E-state index in [2.05, 4.69) is 6.58 Å². The van der Waals surface area contributed by atoms with E-state index in [1.807, 2.05) is 24.6 Å². The highest BCUT2D eigenvalue weighted by molar-refractivity contribution is 7.87. The number of nitrogens with one attached hydrogen (secondary N) is 1. The van der Waals surface area contributed by atoms with E-state index in [1.165, 1.54) is 0 Å². The summed E-state index contributed by atoms with van der Waals surface area (Å²) in [6.45, 7) is 8.84. The van der Waals surface area contributed by atoms with Gasteiger partial charge >= 0.3 is 10.2 Å². The highest BCUT2D eigenvalue weighted by Crippen LogP contribution is 2.34. The van der Waals surface area contributed by atoms with Gasteiger partial charge in [-0.3, -0.25) is 4.79 Å². The minimum absolute atomic E-state index is 0.0185. The quantitative estimate of drug-likeness (QED) is 0.537. The van der Waals surface area contributed by atoms with Gasteiger partial charge in [0.15, 0.2) is 0 Å². The lowest BCUT2D eigenvalue weighted by molar-refractivity contribution is 0.0718.